The van der Waals surface area contributed by atoms with Crippen molar-refractivity contribution >= 4 is 16.9 Å². The van der Waals surface area contributed by atoms with Gasteiger partial charge in [0.15, 0.2) is 6.29 Å². The van der Waals surface area contributed by atoms with Crippen molar-refractivity contribution in [2.45, 2.75) is 32.5 Å². The Bertz CT molecular complexity index is 616. The molecule has 1 unspecified atom stereocenters. The summed E-state index contributed by atoms with van der Waals surface area (Å²) in [5, 5.41) is 9.74. The van der Waals surface area contributed by atoms with Crippen LogP contribution in [0.15, 0.2) is 30.7 Å². The van der Waals surface area contributed by atoms with Crippen molar-refractivity contribution < 1.29 is 19.4 Å². The van der Waals surface area contributed by atoms with E-state index in [0.29, 0.717) is 18.8 Å². The highest BCUT2D eigenvalue weighted by Gasteiger charge is 2.08. The first-order chi connectivity index (χ1) is 10.7. The highest BCUT2D eigenvalue weighted by molar-refractivity contribution is 5.94. The number of fused-ring (bicyclic) bond motifs is 1. The van der Waals surface area contributed by atoms with Gasteiger partial charge in [-0.1, -0.05) is 0 Å². The maximum absolute atomic E-state index is 11.9. The highest BCUT2D eigenvalue weighted by atomic mass is 16.6. The van der Waals surface area contributed by atoms with Crippen LogP contribution in [0.4, 0.5) is 0 Å². The molecule has 1 aromatic heterocycles. The van der Waals surface area contributed by atoms with Gasteiger partial charge in [-0.05, 0) is 44.4 Å². The molecule has 0 aliphatic heterocycles. The maximum Gasteiger partial charge on any atom is 0.338 e. The summed E-state index contributed by atoms with van der Waals surface area (Å²) in [6.45, 7) is 2.46. The quantitative estimate of drug-likeness (QED) is 0.458. The lowest BCUT2D eigenvalue weighted by Gasteiger charge is -2.07. The number of esters is 1. The van der Waals surface area contributed by atoms with Crippen LogP contribution in [0.1, 0.15) is 36.5 Å². The second-order valence-corrected chi connectivity index (χ2v) is 4.96. The summed E-state index contributed by atoms with van der Waals surface area (Å²) in [7, 11) is 0. The zero-order valence-electron chi connectivity index (χ0n) is 12.6. The lowest BCUT2D eigenvalue weighted by Crippen LogP contribution is -2.08. The second-order valence-electron chi connectivity index (χ2n) is 4.96. The van der Waals surface area contributed by atoms with Crippen LogP contribution < -0.4 is 0 Å². The number of ether oxygens (including phenoxy) is 2. The molecule has 118 valence electrons. The SMILES string of the molecule is CC(O)OCCCCCOC(=O)c1ccc2ncncc2c1. The number of benzene rings is 1. The predicted molar refractivity (Wildman–Crippen MR) is 81.3 cm³/mol. The van der Waals surface area contributed by atoms with Crippen LogP contribution in [0.2, 0.25) is 0 Å². The van der Waals surface area contributed by atoms with Crippen molar-refractivity contribution in [2.24, 2.45) is 0 Å². The molecule has 0 saturated heterocycles. The third-order valence-corrected chi connectivity index (χ3v) is 3.12. The molecule has 0 aliphatic carbocycles. The summed E-state index contributed by atoms with van der Waals surface area (Å²) in [6.07, 6.45) is 4.89. The van der Waals surface area contributed by atoms with Crippen molar-refractivity contribution in [3.05, 3.63) is 36.3 Å². The first kappa shape index (κ1) is 16.3. The summed E-state index contributed by atoms with van der Waals surface area (Å²) in [5.41, 5.74) is 1.30. The number of carbonyl (C=O) groups is 1. The molecule has 0 radical (unpaired) electrons. The third kappa shape index (κ3) is 5.05. The van der Waals surface area contributed by atoms with Gasteiger partial charge in [0.05, 0.1) is 17.7 Å². The van der Waals surface area contributed by atoms with Gasteiger partial charge in [0, 0.05) is 18.2 Å². The van der Waals surface area contributed by atoms with Crippen molar-refractivity contribution in [3.8, 4) is 0 Å². The Morgan fingerprint density at radius 1 is 1.27 bits per heavy atom. The highest BCUT2D eigenvalue weighted by Crippen LogP contribution is 2.13. The van der Waals surface area contributed by atoms with Crippen LogP contribution in [-0.2, 0) is 9.47 Å². The van der Waals surface area contributed by atoms with E-state index in [9.17, 15) is 4.79 Å². The standard InChI is InChI=1S/C16H20N2O4/c1-12(19)21-7-3-2-4-8-22-16(20)13-5-6-15-14(9-13)10-17-11-18-15/h5-6,9-12,19H,2-4,7-8H2,1H3. The molecule has 1 heterocycles. The van der Waals surface area contributed by atoms with Gasteiger partial charge in [-0.25, -0.2) is 14.8 Å². The van der Waals surface area contributed by atoms with Crippen LogP contribution in [-0.4, -0.2) is 40.5 Å². The minimum absolute atomic E-state index is 0.342. The number of carbonyl (C=O) groups excluding carboxylic acids is 1. The van der Waals surface area contributed by atoms with Crippen molar-refractivity contribution in [2.75, 3.05) is 13.2 Å². The van der Waals surface area contributed by atoms with E-state index in [1.807, 2.05) is 0 Å². The van der Waals surface area contributed by atoms with Gasteiger partial charge in [-0.3, -0.25) is 0 Å². The van der Waals surface area contributed by atoms with Gasteiger partial charge in [0.2, 0.25) is 0 Å². The molecular formula is C16H20N2O4. The Balaban J connectivity index is 1.72. The molecule has 6 nitrogen and oxygen atoms in total. The van der Waals surface area contributed by atoms with Crippen molar-refractivity contribution in [3.63, 3.8) is 0 Å². The summed E-state index contributed by atoms with van der Waals surface area (Å²) >= 11 is 0. The fourth-order valence-electron chi connectivity index (χ4n) is 1.99. The normalized spacial score (nSPS) is 12.3. The average Bonchev–Trinajstić information content (AvgIpc) is 2.53. The molecule has 0 spiro atoms. The van der Waals surface area contributed by atoms with Crippen molar-refractivity contribution in [1.82, 2.24) is 9.97 Å². The topological polar surface area (TPSA) is 81.5 Å². The van der Waals surface area contributed by atoms with Crippen molar-refractivity contribution in [1.29, 1.82) is 0 Å². The molecule has 0 fully saturated rings. The van der Waals surface area contributed by atoms with E-state index >= 15 is 0 Å². The van der Waals surface area contributed by atoms with Crippen LogP contribution in [0.25, 0.3) is 10.9 Å². The van der Waals surface area contributed by atoms with Crippen LogP contribution in [0, 0.1) is 0 Å². The molecular weight excluding hydrogens is 284 g/mol. The van der Waals surface area contributed by atoms with Crippen LogP contribution in [0.5, 0.6) is 0 Å². The predicted octanol–water partition coefficient (Wildman–Crippen LogP) is 2.31. The molecule has 2 rings (SSSR count). The zero-order valence-corrected chi connectivity index (χ0v) is 12.6. The number of nitrogens with zero attached hydrogens (tertiary/aromatic N) is 2. The number of hydrogen-bond donors (Lipinski definition) is 1. The number of aliphatic hydroxyl groups is 1. The number of aliphatic hydroxyl groups excluding tert-OH is 1. The first-order valence-electron chi connectivity index (χ1n) is 7.33. The van der Waals surface area contributed by atoms with E-state index in [-0.39, 0.29) is 5.97 Å². The molecule has 1 N–H and O–H groups in total. The number of hydrogen-bond acceptors (Lipinski definition) is 6. The van der Waals surface area contributed by atoms with E-state index in [2.05, 4.69) is 9.97 Å². The maximum atomic E-state index is 11.9. The van der Waals surface area contributed by atoms with E-state index in [4.69, 9.17) is 14.6 Å². The monoisotopic (exact) mass is 304 g/mol. The smallest absolute Gasteiger partial charge is 0.338 e. The molecule has 0 aliphatic rings. The molecule has 6 heteroatoms. The second kappa shape index (κ2) is 8.41. The Morgan fingerprint density at radius 3 is 2.91 bits per heavy atom. The Labute approximate surface area is 129 Å². The number of unbranched alkanes of at least 4 members (excludes halogenated alkanes) is 2. The molecule has 0 bridgehead atoms. The minimum Gasteiger partial charge on any atom is -0.462 e. The van der Waals surface area contributed by atoms with E-state index in [1.165, 1.54) is 6.33 Å². The van der Waals surface area contributed by atoms with Crippen LogP contribution >= 0.6 is 0 Å². The van der Waals surface area contributed by atoms with Gasteiger partial charge >= 0.3 is 5.97 Å². The van der Waals surface area contributed by atoms with Gasteiger partial charge in [0.1, 0.15) is 6.33 Å². The summed E-state index contributed by atoms with van der Waals surface area (Å²) in [5.74, 6) is -0.342. The lowest BCUT2D eigenvalue weighted by atomic mass is 10.1. The first-order valence-corrected chi connectivity index (χ1v) is 7.33. The Morgan fingerprint density at radius 2 is 2.09 bits per heavy atom. The number of aromatic nitrogens is 2. The summed E-state index contributed by atoms with van der Waals surface area (Å²) in [6, 6.07) is 5.21. The van der Waals surface area contributed by atoms with Gasteiger partial charge < -0.3 is 14.6 Å². The fourth-order valence-corrected chi connectivity index (χ4v) is 1.99. The van der Waals surface area contributed by atoms with E-state index in [1.54, 1.807) is 31.3 Å². The van der Waals surface area contributed by atoms with E-state index < -0.39 is 6.29 Å². The van der Waals surface area contributed by atoms with Gasteiger partial charge in [0.25, 0.3) is 0 Å². The third-order valence-electron chi connectivity index (χ3n) is 3.12. The molecule has 1 atom stereocenters. The summed E-state index contributed by atoms with van der Waals surface area (Å²) < 4.78 is 10.3. The Kier molecular flexibility index (Phi) is 6.24. The number of rotatable bonds is 8. The zero-order chi connectivity index (χ0) is 15.8. The Hall–Kier alpha value is -2.05. The molecule has 0 amide bonds. The van der Waals surface area contributed by atoms with Gasteiger partial charge in [-0.15, -0.1) is 0 Å². The minimum atomic E-state index is -0.727. The lowest BCUT2D eigenvalue weighted by molar-refractivity contribution is -0.0860. The average molecular weight is 304 g/mol. The molecule has 1 aromatic carbocycles. The van der Waals surface area contributed by atoms with Gasteiger partial charge in [-0.2, -0.15) is 0 Å². The fraction of sp³-hybridized carbons (Fsp3) is 0.438. The molecule has 22 heavy (non-hydrogen) atoms. The molecule has 0 saturated carbocycles. The van der Waals surface area contributed by atoms with Crippen LogP contribution in [0.3, 0.4) is 0 Å². The van der Waals surface area contributed by atoms with E-state index in [0.717, 1.165) is 30.2 Å². The molecule has 2 aromatic rings. The largest absolute Gasteiger partial charge is 0.462 e. The summed E-state index contributed by atoms with van der Waals surface area (Å²) in [4.78, 5) is 20.0.